The van der Waals surface area contributed by atoms with Crippen LogP contribution in [0.1, 0.15) is 32.6 Å². The summed E-state index contributed by atoms with van der Waals surface area (Å²) in [4.78, 5) is 6.64. The van der Waals surface area contributed by atoms with Gasteiger partial charge in [0.2, 0.25) is 5.88 Å². The van der Waals surface area contributed by atoms with Gasteiger partial charge in [0.25, 0.3) is 0 Å². The summed E-state index contributed by atoms with van der Waals surface area (Å²) in [6.45, 7) is 5.57. The highest BCUT2D eigenvalue weighted by Gasteiger charge is 2.18. The van der Waals surface area contributed by atoms with Crippen molar-refractivity contribution in [2.24, 2.45) is 0 Å². The summed E-state index contributed by atoms with van der Waals surface area (Å²) >= 11 is 0. The minimum Gasteiger partial charge on any atom is -0.481 e. The number of hydrogen-bond acceptors (Lipinski definition) is 4. The lowest BCUT2D eigenvalue weighted by Gasteiger charge is -2.28. The molecule has 4 heteroatoms. The molecule has 1 aromatic rings. The van der Waals surface area contributed by atoms with Crippen molar-refractivity contribution < 1.29 is 4.74 Å². The first kappa shape index (κ1) is 14.1. The number of rotatable bonds is 7. The molecule has 0 spiro atoms. The highest BCUT2D eigenvalue weighted by molar-refractivity contribution is 5.48. The van der Waals surface area contributed by atoms with E-state index in [-0.39, 0.29) is 0 Å². The van der Waals surface area contributed by atoms with Gasteiger partial charge >= 0.3 is 0 Å². The van der Waals surface area contributed by atoms with Gasteiger partial charge in [0.15, 0.2) is 0 Å². The van der Waals surface area contributed by atoms with Gasteiger partial charge in [0.05, 0.1) is 7.11 Å². The molecule has 4 nitrogen and oxygen atoms in total. The summed E-state index contributed by atoms with van der Waals surface area (Å²) in [6, 6.07) is 4.73. The summed E-state index contributed by atoms with van der Waals surface area (Å²) in [5, 5.41) is 3.57. The molecule has 1 unspecified atom stereocenters. The summed E-state index contributed by atoms with van der Waals surface area (Å²) in [6.07, 6.45) is 6.85. The minimum absolute atomic E-state index is 0.621. The van der Waals surface area contributed by atoms with E-state index in [1.807, 2.05) is 12.3 Å². The lowest BCUT2D eigenvalue weighted by Crippen LogP contribution is -2.38. The van der Waals surface area contributed by atoms with Crippen LogP contribution in [-0.4, -0.2) is 37.8 Å². The number of methoxy groups -OCH3 is 1. The van der Waals surface area contributed by atoms with Crippen molar-refractivity contribution in [3.8, 4) is 5.88 Å². The normalized spacial score (nSPS) is 18.5. The van der Waals surface area contributed by atoms with Crippen LogP contribution in [0.25, 0.3) is 0 Å². The Morgan fingerprint density at radius 3 is 3.11 bits per heavy atom. The zero-order valence-corrected chi connectivity index (χ0v) is 12.1. The second-order valence-electron chi connectivity index (χ2n) is 5.15. The van der Waals surface area contributed by atoms with E-state index < -0.39 is 0 Å². The van der Waals surface area contributed by atoms with Gasteiger partial charge in [-0.05, 0) is 31.9 Å². The molecule has 1 aliphatic rings. The average molecular weight is 263 g/mol. The second kappa shape index (κ2) is 7.34. The van der Waals surface area contributed by atoms with E-state index in [9.17, 15) is 0 Å². The monoisotopic (exact) mass is 263 g/mol. The van der Waals surface area contributed by atoms with Gasteiger partial charge in [0.1, 0.15) is 0 Å². The number of nitrogens with zero attached hydrogens (tertiary/aromatic N) is 2. The molecular weight excluding hydrogens is 238 g/mol. The van der Waals surface area contributed by atoms with E-state index in [1.54, 1.807) is 7.11 Å². The zero-order chi connectivity index (χ0) is 13.5. The van der Waals surface area contributed by atoms with E-state index in [1.165, 1.54) is 31.4 Å². The maximum absolute atomic E-state index is 5.23. The number of anilines is 1. The third-order valence-electron chi connectivity index (χ3n) is 3.68. The Bertz CT molecular complexity index is 377. The molecule has 2 heterocycles. The van der Waals surface area contributed by atoms with Crippen LogP contribution in [-0.2, 0) is 0 Å². The highest BCUT2D eigenvalue weighted by atomic mass is 16.5. The summed E-state index contributed by atoms with van der Waals surface area (Å²) in [5.74, 6) is 0.693. The highest BCUT2D eigenvalue weighted by Crippen LogP contribution is 2.20. The summed E-state index contributed by atoms with van der Waals surface area (Å²) in [7, 11) is 1.67. The number of aromatic nitrogens is 1. The molecule has 1 saturated heterocycles. The van der Waals surface area contributed by atoms with Gasteiger partial charge in [-0.3, -0.25) is 0 Å². The number of unbranched alkanes of at least 4 members (excludes halogenated alkanes) is 1. The van der Waals surface area contributed by atoms with E-state index in [4.69, 9.17) is 4.74 Å². The van der Waals surface area contributed by atoms with Gasteiger partial charge in [-0.15, -0.1) is 0 Å². The van der Waals surface area contributed by atoms with Crippen LogP contribution in [0.3, 0.4) is 0 Å². The first-order valence-electron chi connectivity index (χ1n) is 7.32. The Labute approximate surface area is 116 Å². The quantitative estimate of drug-likeness (QED) is 0.820. The maximum Gasteiger partial charge on any atom is 0.214 e. The van der Waals surface area contributed by atoms with E-state index in [0.29, 0.717) is 11.9 Å². The van der Waals surface area contributed by atoms with Gasteiger partial charge in [-0.1, -0.05) is 13.3 Å². The predicted octanol–water partition coefficient (Wildman–Crippen LogP) is 2.45. The molecular formula is C15H25N3O. The van der Waals surface area contributed by atoms with Crippen molar-refractivity contribution in [3.63, 3.8) is 0 Å². The largest absolute Gasteiger partial charge is 0.481 e. The van der Waals surface area contributed by atoms with Gasteiger partial charge in [-0.25, -0.2) is 4.98 Å². The average Bonchev–Trinajstić information content (AvgIpc) is 2.96. The number of pyridine rings is 1. The summed E-state index contributed by atoms with van der Waals surface area (Å²) in [5.41, 5.74) is 1.22. The van der Waals surface area contributed by atoms with E-state index >= 15 is 0 Å². The molecule has 1 aromatic heterocycles. The Kier molecular flexibility index (Phi) is 5.45. The minimum atomic E-state index is 0.621. The van der Waals surface area contributed by atoms with E-state index in [0.717, 1.165) is 19.6 Å². The Balaban J connectivity index is 2.05. The maximum atomic E-state index is 5.23. The summed E-state index contributed by atoms with van der Waals surface area (Å²) < 4.78 is 5.23. The fraction of sp³-hybridized carbons (Fsp3) is 0.667. The molecule has 19 heavy (non-hydrogen) atoms. The van der Waals surface area contributed by atoms with Crippen LogP contribution in [0, 0.1) is 0 Å². The smallest absolute Gasteiger partial charge is 0.214 e. The molecule has 1 fully saturated rings. The molecule has 0 aromatic carbocycles. The molecule has 1 aliphatic heterocycles. The molecule has 0 saturated carbocycles. The molecule has 0 bridgehead atoms. The number of hydrogen-bond donors (Lipinski definition) is 1. The Morgan fingerprint density at radius 2 is 2.42 bits per heavy atom. The predicted molar refractivity (Wildman–Crippen MR) is 78.9 cm³/mol. The fourth-order valence-corrected chi connectivity index (χ4v) is 2.56. The SMILES string of the molecule is CCCCN(CC1CCCN1)c1ccnc(OC)c1. The first-order valence-corrected chi connectivity index (χ1v) is 7.32. The van der Waals surface area contributed by atoms with Crippen molar-refractivity contribution in [3.05, 3.63) is 18.3 Å². The lowest BCUT2D eigenvalue weighted by atomic mass is 10.2. The Hall–Kier alpha value is -1.29. The molecule has 0 amide bonds. The van der Waals surface area contributed by atoms with Gasteiger partial charge in [0, 0.05) is 37.1 Å². The standard InChI is InChI=1S/C15H25N3O/c1-3-4-10-18(12-13-6-5-8-16-13)14-7-9-17-15(11-14)19-2/h7,9,11,13,16H,3-6,8,10,12H2,1-2H3. The third-order valence-corrected chi connectivity index (χ3v) is 3.68. The van der Waals surface area contributed by atoms with Crippen LogP contribution >= 0.6 is 0 Å². The van der Waals surface area contributed by atoms with Crippen molar-refractivity contribution >= 4 is 5.69 Å². The van der Waals surface area contributed by atoms with E-state index in [2.05, 4.69) is 28.2 Å². The van der Waals surface area contributed by atoms with Crippen LogP contribution in [0.4, 0.5) is 5.69 Å². The Morgan fingerprint density at radius 1 is 1.53 bits per heavy atom. The number of nitrogens with one attached hydrogen (secondary N) is 1. The molecule has 0 aliphatic carbocycles. The van der Waals surface area contributed by atoms with Crippen molar-refractivity contribution in [1.82, 2.24) is 10.3 Å². The van der Waals surface area contributed by atoms with Crippen molar-refractivity contribution in [2.45, 2.75) is 38.6 Å². The number of ether oxygens (including phenoxy) is 1. The van der Waals surface area contributed by atoms with Crippen molar-refractivity contribution in [2.75, 3.05) is 31.6 Å². The van der Waals surface area contributed by atoms with Gasteiger partial charge in [-0.2, -0.15) is 0 Å². The van der Waals surface area contributed by atoms with Gasteiger partial charge < -0.3 is 15.0 Å². The molecule has 106 valence electrons. The molecule has 0 radical (unpaired) electrons. The molecule has 1 N–H and O–H groups in total. The first-order chi connectivity index (χ1) is 9.33. The topological polar surface area (TPSA) is 37.4 Å². The van der Waals surface area contributed by atoms with Crippen LogP contribution in [0.5, 0.6) is 5.88 Å². The van der Waals surface area contributed by atoms with Crippen LogP contribution in [0.2, 0.25) is 0 Å². The van der Waals surface area contributed by atoms with Crippen LogP contribution < -0.4 is 15.0 Å². The van der Waals surface area contributed by atoms with Crippen molar-refractivity contribution in [1.29, 1.82) is 0 Å². The zero-order valence-electron chi connectivity index (χ0n) is 12.1. The second-order valence-corrected chi connectivity index (χ2v) is 5.15. The molecule has 2 rings (SSSR count). The van der Waals surface area contributed by atoms with Crippen LogP contribution in [0.15, 0.2) is 18.3 Å². The fourth-order valence-electron chi connectivity index (χ4n) is 2.56. The lowest BCUT2D eigenvalue weighted by molar-refractivity contribution is 0.397. The third kappa shape index (κ3) is 4.10. The molecule has 1 atom stereocenters.